The summed E-state index contributed by atoms with van der Waals surface area (Å²) in [4.78, 5) is 10.3. The van der Waals surface area contributed by atoms with E-state index < -0.39 is 0 Å². The number of benzene rings is 9. The maximum atomic E-state index is 5.28. The molecule has 0 saturated heterocycles. The molecule has 0 N–H and O–H groups in total. The Hall–Kier alpha value is -7.36. The van der Waals surface area contributed by atoms with Gasteiger partial charge in [-0.3, -0.25) is 4.98 Å². The summed E-state index contributed by atoms with van der Waals surface area (Å²) >= 11 is 0. The van der Waals surface area contributed by atoms with Crippen LogP contribution in [-0.2, 0) is 5.41 Å². The molecule has 1 aliphatic carbocycles. The summed E-state index contributed by atoms with van der Waals surface area (Å²) in [6.07, 6.45) is 1.93. The summed E-state index contributed by atoms with van der Waals surface area (Å²) in [7, 11) is 0. The third kappa shape index (κ3) is 4.80. The minimum Gasteiger partial charge on any atom is -0.309 e. The molecule has 3 nitrogen and oxygen atoms in total. The van der Waals surface area contributed by atoms with Gasteiger partial charge >= 0.3 is 0 Å². The Bertz CT molecular complexity index is 3410. The minimum atomic E-state index is -0.174. The number of nitrogens with zero attached hydrogens (tertiary/aromatic N) is 3. The molecule has 9 aromatic carbocycles. The van der Waals surface area contributed by atoms with Crippen LogP contribution >= 0.6 is 0 Å². The van der Waals surface area contributed by atoms with E-state index in [4.69, 9.17) is 9.97 Å². The van der Waals surface area contributed by atoms with Crippen LogP contribution in [0.15, 0.2) is 188 Å². The van der Waals surface area contributed by atoms with Gasteiger partial charge in [-0.05, 0) is 97.7 Å². The van der Waals surface area contributed by atoms with E-state index in [9.17, 15) is 0 Å². The summed E-state index contributed by atoms with van der Waals surface area (Å²) in [6.45, 7) is 4.74. The van der Waals surface area contributed by atoms with E-state index in [0.717, 1.165) is 33.1 Å². The Kier molecular flexibility index (Phi) is 6.98. The Morgan fingerprint density at radius 1 is 0.397 bits per heavy atom. The molecule has 0 fully saturated rings. The fourth-order valence-electron chi connectivity index (χ4n) is 9.74. The molecule has 12 rings (SSSR count). The normalized spacial score (nSPS) is 13.1. The van der Waals surface area contributed by atoms with Crippen LogP contribution in [0.25, 0.3) is 105 Å². The highest BCUT2D eigenvalue weighted by atomic mass is 15.0. The number of fused-ring (bicyclic) bond motifs is 12. The molecule has 0 atom stereocenters. The number of rotatable bonds is 4. The van der Waals surface area contributed by atoms with Crippen LogP contribution in [-0.4, -0.2) is 14.5 Å². The van der Waals surface area contributed by atoms with Gasteiger partial charge in [0, 0.05) is 38.2 Å². The summed E-state index contributed by atoms with van der Waals surface area (Å²) in [5, 5.41) is 7.21. The van der Waals surface area contributed by atoms with Crippen LogP contribution in [0.4, 0.5) is 0 Å². The Morgan fingerprint density at radius 2 is 0.879 bits per heavy atom. The summed E-state index contributed by atoms with van der Waals surface area (Å²) < 4.78 is 2.40. The first kappa shape index (κ1) is 32.8. The van der Waals surface area contributed by atoms with Crippen molar-refractivity contribution in [2.45, 2.75) is 19.3 Å². The van der Waals surface area contributed by atoms with Gasteiger partial charge in [0.2, 0.25) is 0 Å². The van der Waals surface area contributed by atoms with Crippen molar-refractivity contribution in [3.63, 3.8) is 0 Å². The predicted molar refractivity (Wildman–Crippen MR) is 243 cm³/mol. The van der Waals surface area contributed by atoms with Crippen molar-refractivity contribution in [2.75, 3.05) is 0 Å². The fraction of sp³-hybridized carbons (Fsp3) is 0.0545. The van der Waals surface area contributed by atoms with E-state index in [1.54, 1.807) is 0 Å². The van der Waals surface area contributed by atoms with Crippen LogP contribution in [0, 0.1) is 0 Å². The second-order valence-corrected chi connectivity index (χ2v) is 16.2. The van der Waals surface area contributed by atoms with E-state index in [1.807, 2.05) is 6.20 Å². The third-order valence-electron chi connectivity index (χ3n) is 12.6. The lowest BCUT2D eigenvalue weighted by Gasteiger charge is -2.23. The van der Waals surface area contributed by atoms with E-state index >= 15 is 0 Å². The molecule has 0 saturated carbocycles. The molecule has 0 aliphatic heterocycles. The number of aromatic nitrogens is 3. The highest BCUT2D eigenvalue weighted by Crippen LogP contribution is 2.51. The van der Waals surface area contributed by atoms with Gasteiger partial charge < -0.3 is 4.57 Å². The molecule has 1 aliphatic rings. The van der Waals surface area contributed by atoms with E-state index in [-0.39, 0.29) is 5.41 Å². The van der Waals surface area contributed by atoms with Crippen molar-refractivity contribution in [2.24, 2.45) is 0 Å². The monoisotopic (exact) mass is 739 g/mol. The molecule has 3 heteroatoms. The number of hydrogen-bond donors (Lipinski definition) is 0. The van der Waals surface area contributed by atoms with Gasteiger partial charge in [-0.1, -0.05) is 153 Å². The molecular formula is C55H37N3. The molecule has 2 heterocycles. The van der Waals surface area contributed by atoms with Crippen LogP contribution in [0.3, 0.4) is 0 Å². The van der Waals surface area contributed by atoms with Crippen LogP contribution in [0.5, 0.6) is 0 Å². The maximum Gasteiger partial charge on any atom is 0.0979 e. The van der Waals surface area contributed by atoms with Gasteiger partial charge in [0.15, 0.2) is 0 Å². The van der Waals surface area contributed by atoms with Crippen molar-refractivity contribution < 1.29 is 0 Å². The number of para-hydroxylation sites is 2. The van der Waals surface area contributed by atoms with Gasteiger partial charge in [0.05, 0.1) is 34.0 Å². The molecule has 0 amide bonds. The number of hydrogen-bond acceptors (Lipinski definition) is 2. The van der Waals surface area contributed by atoms with Gasteiger partial charge in [-0.2, -0.15) is 0 Å². The van der Waals surface area contributed by atoms with Gasteiger partial charge in [0.25, 0.3) is 0 Å². The molecule has 2 aromatic heterocycles. The average Bonchev–Trinajstić information content (AvgIpc) is 3.74. The Labute approximate surface area is 336 Å². The second-order valence-electron chi connectivity index (χ2n) is 16.2. The molecular weight excluding hydrogens is 703 g/mol. The van der Waals surface area contributed by atoms with E-state index in [1.165, 1.54) is 82.8 Å². The predicted octanol–water partition coefficient (Wildman–Crippen LogP) is 14.3. The molecule has 0 radical (unpaired) electrons. The SMILES string of the molecule is CC1(C)c2cc(-c3cccc(-c4cnc5c6ccccc6c6ccccc6c5n4)c3)ccc2-c2ccc(-c3cccc(-n4c5ccccc5c5ccccc54)c3)cc21. The Morgan fingerprint density at radius 3 is 1.50 bits per heavy atom. The zero-order chi connectivity index (χ0) is 38.5. The molecule has 272 valence electrons. The summed E-state index contributed by atoms with van der Waals surface area (Å²) in [5.41, 5.74) is 17.4. The van der Waals surface area contributed by atoms with Crippen molar-refractivity contribution >= 4 is 54.4 Å². The van der Waals surface area contributed by atoms with Gasteiger partial charge in [-0.15, -0.1) is 0 Å². The van der Waals surface area contributed by atoms with Crippen molar-refractivity contribution in [3.8, 4) is 50.3 Å². The van der Waals surface area contributed by atoms with Crippen LogP contribution < -0.4 is 0 Å². The average molecular weight is 740 g/mol. The standard InChI is InChI=1S/C55H37N3/c1-55(2)48-31-36(34-13-11-15-38(29-34)50-33-56-53-46-21-5-3-17-40(46)41-18-4-6-22-47(41)54(53)57-50)25-27-42(48)43-28-26-37(32-49(43)55)35-14-12-16-39(30-35)58-51-23-9-7-19-44(51)45-20-8-10-24-52(45)58/h3-33H,1-2H3. The molecule has 58 heavy (non-hydrogen) atoms. The highest BCUT2D eigenvalue weighted by molar-refractivity contribution is 6.23. The summed E-state index contributed by atoms with van der Waals surface area (Å²) in [6, 6.07) is 66.3. The van der Waals surface area contributed by atoms with Crippen molar-refractivity contribution in [1.82, 2.24) is 14.5 Å². The van der Waals surface area contributed by atoms with Crippen molar-refractivity contribution in [3.05, 3.63) is 199 Å². The first-order valence-electron chi connectivity index (χ1n) is 20.1. The fourth-order valence-corrected chi connectivity index (χ4v) is 9.74. The first-order chi connectivity index (χ1) is 28.5. The lowest BCUT2D eigenvalue weighted by molar-refractivity contribution is 0.661. The van der Waals surface area contributed by atoms with E-state index in [0.29, 0.717) is 0 Å². The highest BCUT2D eigenvalue weighted by Gasteiger charge is 2.36. The van der Waals surface area contributed by atoms with Gasteiger partial charge in [0.1, 0.15) is 0 Å². The quantitative estimate of drug-likeness (QED) is 0.168. The lowest BCUT2D eigenvalue weighted by atomic mass is 9.80. The molecule has 11 aromatic rings. The molecule has 0 spiro atoms. The maximum absolute atomic E-state index is 5.28. The smallest absolute Gasteiger partial charge is 0.0979 e. The van der Waals surface area contributed by atoms with E-state index in [2.05, 4.69) is 200 Å². The third-order valence-corrected chi connectivity index (χ3v) is 12.6. The second kappa shape index (κ2) is 12.3. The lowest BCUT2D eigenvalue weighted by Crippen LogP contribution is -2.15. The minimum absolute atomic E-state index is 0.174. The van der Waals surface area contributed by atoms with Crippen molar-refractivity contribution in [1.29, 1.82) is 0 Å². The largest absolute Gasteiger partial charge is 0.309 e. The summed E-state index contributed by atoms with van der Waals surface area (Å²) in [5.74, 6) is 0. The van der Waals surface area contributed by atoms with Crippen LogP contribution in [0.2, 0.25) is 0 Å². The van der Waals surface area contributed by atoms with Crippen LogP contribution in [0.1, 0.15) is 25.0 Å². The molecule has 0 bridgehead atoms. The topological polar surface area (TPSA) is 30.7 Å². The zero-order valence-corrected chi connectivity index (χ0v) is 32.2. The van der Waals surface area contributed by atoms with Gasteiger partial charge in [-0.25, -0.2) is 4.98 Å². The molecule has 0 unspecified atom stereocenters. The first-order valence-corrected chi connectivity index (χ1v) is 20.1. The Balaban J connectivity index is 0.905. The zero-order valence-electron chi connectivity index (χ0n) is 32.2.